The molecule has 1 aliphatic heterocycles. The van der Waals surface area contributed by atoms with Crippen LogP contribution in [0.25, 0.3) is 0 Å². The van der Waals surface area contributed by atoms with E-state index in [1.54, 1.807) is 0 Å². The van der Waals surface area contributed by atoms with Gasteiger partial charge < -0.3 is 14.6 Å². The summed E-state index contributed by atoms with van der Waals surface area (Å²) in [5, 5.41) is 10.6. The summed E-state index contributed by atoms with van der Waals surface area (Å²) in [5.41, 5.74) is 2.34. The lowest BCUT2D eigenvalue weighted by Gasteiger charge is -2.36. The van der Waals surface area contributed by atoms with Crippen molar-refractivity contribution in [1.29, 1.82) is 0 Å². The topological polar surface area (TPSA) is 38.7 Å². The zero-order valence-electron chi connectivity index (χ0n) is 14.9. The first-order chi connectivity index (χ1) is 12.8. The van der Waals surface area contributed by atoms with E-state index in [9.17, 15) is 5.11 Å². The Morgan fingerprint density at radius 1 is 0.923 bits per heavy atom. The van der Waals surface area contributed by atoms with E-state index in [1.165, 1.54) is 5.56 Å². The second kappa shape index (κ2) is 8.13. The standard InChI is InChI=1S/C22H26O3S/c23-19-16-26-22(21(19)25-15-18-10-5-2-6-11-18)13-7-12-20(22)24-14-17-8-3-1-4-9-17/h1-6,8-11,19-21,23H,7,12-16H2/t19-,20-,21-,22+/m1/s1. The maximum atomic E-state index is 10.6. The third-order valence-electron chi connectivity index (χ3n) is 5.50. The number of hydrogen-bond acceptors (Lipinski definition) is 4. The molecule has 1 saturated heterocycles. The Bertz CT molecular complexity index is 693. The van der Waals surface area contributed by atoms with Gasteiger partial charge in [0.15, 0.2) is 0 Å². The summed E-state index contributed by atoms with van der Waals surface area (Å²) in [7, 11) is 0. The lowest BCUT2D eigenvalue weighted by Crippen LogP contribution is -2.48. The molecule has 1 N–H and O–H groups in total. The highest BCUT2D eigenvalue weighted by Crippen LogP contribution is 2.52. The summed E-state index contributed by atoms with van der Waals surface area (Å²) in [5.74, 6) is 0.727. The van der Waals surface area contributed by atoms with Gasteiger partial charge in [-0.25, -0.2) is 0 Å². The number of benzene rings is 2. The van der Waals surface area contributed by atoms with Gasteiger partial charge in [0.25, 0.3) is 0 Å². The third-order valence-corrected chi connectivity index (χ3v) is 7.24. The summed E-state index contributed by atoms with van der Waals surface area (Å²) >= 11 is 1.85. The molecule has 4 atom stereocenters. The van der Waals surface area contributed by atoms with Gasteiger partial charge >= 0.3 is 0 Å². The van der Waals surface area contributed by atoms with Crippen molar-refractivity contribution in [3.05, 3.63) is 71.8 Å². The van der Waals surface area contributed by atoms with Crippen LogP contribution in [-0.2, 0) is 22.7 Å². The average molecular weight is 371 g/mol. The minimum Gasteiger partial charge on any atom is -0.389 e. The molecule has 1 aliphatic carbocycles. The number of hydrogen-bond donors (Lipinski definition) is 1. The Labute approximate surface area is 159 Å². The molecule has 1 spiro atoms. The molecule has 2 aromatic carbocycles. The lowest BCUT2D eigenvalue weighted by atomic mass is 9.93. The minimum absolute atomic E-state index is 0.122. The number of rotatable bonds is 6. The predicted molar refractivity (Wildman–Crippen MR) is 105 cm³/mol. The van der Waals surface area contributed by atoms with E-state index < -0.39 is 6.10 Å². The van der Waals surface area contributed by atoms with Gasteiger partial charge in [0, 0.05) is 5.75 Å². The van der Waals surface area contributed by atoms with Crippen molar-refractivity contribution in [3.63, 3.8) is 0 Å². The van der Waals surface area contributed by atoms with Crippen LogP contribution in [0.4, 0.5) is 0 Å². The first-order valence-electron chi connectivity index (χ1n) is 9.41. The van der Waals surface area contributed by atoms with Crippen LogP contribution in [0.5, 0.6) is 0 Å². The van der Waals surface area contributed by atoms with E-state index in [0.29, 0.717) is 13.2 Å². The van der Waals surface area contributed by atoms with Crippen LogP contribution in [0.2, 0.25) is 0 Å². The number of aliphatic hydroxyl groups excluding tert-OH is 1. The molecule has 3 nitrogen and oxygen atoms in total. The predicted octanol–water partition coefficient (Wildman–Crippen LogP) is 4.19. The Kier molecular flexibility index (Phi) is 5.65. The summed E-state index contributed by atoms with van der Waals surface area (Å²) < 4.78 is 12.5. The quantitative estimate of drug-likeness (QED) is 0.828. The van der Waals surface area contributed by atoms with Crippen LogP contribution in [0.3, 0.4) is 0 Å². The molecule has 2 aromatic rings. The van der Waals surface area contributed by atoms with E-state index in [0.717, 1.165) is 30.6 Å². The highest BCUT2D eigenvalue weighted by atomic mass is 32.2. The van der Waals surface area contributed by atoms with Gasteiger partial charge in [0.05, 0.1) is 30.2 Å². The summed E-state index contributed by atoms with van der Waals surface area (Å²) in [6, 6.07) is 20.5. The van der Waals surface area contributed by atoms with Crippen LogP contribution in [-0.4, -0.2) is 33.9 Å². The summed E-state index contributed by atoms with van der Waals surface area (Å²) in [6.45, 7) is 1.16. The van der Waals surface area contributed by atoms with Gasteiger partial charge in [0.2, 0.25) is 0 Å². The molecule has 2 aliphatic rings. The van der Waals surface area contributed by atoms with E-state index in [-0.39, 0.29) is 17.0 Å². The van der Waals surface area contributed by atoms with Gasteiger partial charge in [-0.15, -0.1) is 11.8 Å². The normalized spacial score (nSPS) is 30.9. The first-order valence-corrected chi connectivity index (χ1v) is 10.4. The van der Waals surface area contributed by atoms with Crippen molar-refractivity contribution in [2.24, 2.45) is 0 Å². The van der Waals surface area contributed by atoms with Crippen LogP contribution in [0.1, 0.15) is 30.4 Å². The molecule has 0 aromatic heterocycles. The fraction of sp³-hybridized carbons (Fsp3) is 0.455. The first kappa shape index (κ1) is 18.1. The van der Waals surface area contributed by atoms with Gasteiger partial charge in [0.1, 0.15) is 6.10 Å². The Balaban J connectivity index is 1.45. The summed E-state index contributed by atoms with van der Waals surface area (Å²) in [6.07, 6.45) is 2.75. The molecule has 138 valence electrons. The van der Waals surface area contributed by atoms with Crippen molar-refractivity contribution < 1.29 is 14.6 Å². The Hall–Kier alpha value is -1.33. The second-order valence-corrected chi connectivity index (χ2v) is 8.61. The van der Waals surface area contributed by atoms with Gasteiger partial charge in [-0.2, -0.15) is 0 Å². The zero-order valence-corrected chi connectivity index (χ0v) is 15.7. The second-order valence-electron chi connectivity index (χ2n) is 7.23. The van der Waals surface area contributed by atoms with Crippen LogP contribution >= 0.6 is 11.8 Å². The fourth-order valence-corrected chi connectivity index (χ4v) is 5.91. The average Bonchev–Trinajstić information content (AvgIpc) is 3.24. The van der Waals surface area contributed by atoms with Crippen molar-refractivity contribution in [2.75, 3.05) is 5.75 Å². The largest absolute Gasteiger partial charge is 0.389 e. The molecule has 26 heavy (non-hydrogen) atoms. The van der Waals surface area contributed by atoms with Crippen molar-refractivity contribution >= 4 is 11.8 Å². The Morgan fingerprint density at radius 2 is 1.54 bits per heavy atom. The molecular weight excluding hydrogens is 344 g/mol. The van der Waals surface area contributed by atoms with E-state index in [2.05, 4.69) is 24.3 Å². The smallest absolute Gasteiger partial charge is 0.102 e. The van der Waals surface area contributed by atoms with Gasteiger partial charge in [-0.3, -0.25) is 0 Å². The lowest BCUT2D eigenvalue weighted by molar-refractivity contribution is -0.0832. The van der Waals surface area contributed by atoms with Crippen molar-refractivity contribution in [2.45, 2.75) is 55.5 Å². The van der Waals surface area contributed by atoms with Gasteiger partial charge in [-0.1, -0.05) is 60.7 Å². The van der Waals surface area contributed by atoms with Crippen molar-refractivity contribution in [1.82, 2.24) is 0 Å². The fourth-order valence-electron chi connectivity index (χ4n) is 4.20. The zero-order chi connectivity index (χ0) is 17.8. The highest BCUT2D eigenvalue weighted by Gasteiger charge is 2.57. The van der Waals surface area contributed by atoms with Crippen LogP contribution in [0, 0.1) is 0 Å². The Morgan fingerprint density at radius 3 is 2.19 bits per heavy atom. The minimum atomic E-state index is -0.426. The van der Waals surface area contributed by atoms with Crippen LogP contribution < -0.4 is 0 Å². The van der Waals surface area contributed by atoms with E-state index in [4.69, 9.17) is 9.47 Å². The van der Waals surface area contributed by atoms with Crippen LogP contribution in [0.15, 0.2) is 60.7 Å². The monoisotopic (exact) mass is 370 g/mol. The van der Waals surface area contributed by atoms with E-state index in [1.807, 2.05) is 48.2 Å². The molecule has 0 radical (unpaired) electrons. The molecule has 4 heteroatoms. The number of thioether (sulfide) groups is 1. The maximum absolute atomic E-state index is 10.6. The molecular formula is C22H26O3S. The molecule has 0 amide bonds. The summed E-state index contributed by atoms with van der Waals surface area (Å²) in [4.78, 5) is 0. The van der Waals surface area contributed by atoms with E-state index >= 15 is 0 Å². The third kappa shape index (κ3) is 3.70. The number of aliphatic hydroxyl groups is 1. The van der Waals surface area contributed by atoms with Crippen molar-refractivity contribution in [3.8, 4) is 0 Å². The maximum Gasteiger partial charge on any atom is 0.102 e. The number of ether oxygens (including phenoxy) is 2. The molecule has 0 bridgehead atoms. The molecule has 2 fully saturated rings. The molecule has 0 unspecified atom stereocenters. The van der Waals surface area contributed by atoms with Gasteiger partial charge in [-0.05, 0) is 30.4 Å². The molecule has 1 saturated carbocycles. The SMILES string of the molecule is O[C@@H]1CS[C@]2(CCC[C@H]2OCc2ccccc2)[C@@H]1OCc1ccccc1. The highest BCUT2D eigenvalue weighted by molar-refractivity contribution is 8.01. The molecule has 4 rings (SSSR count). The molecule has 1 heterocycles.